The lowest BCUT2D eigenvalue weighted by Gasteiger charge is -2.05. The van der Waals surface area contributed by atoms with Gasteiger partial charge in [0.1, 0.15) is 6.04 Å². The van der Waals surface area contributed by atoms with Gasteiger partial charge in [0.25, 0.3) is 0 Å². The first-order valence-corrected chi connectivity index (χ1v) is 8.41. The van der Waals surface area contributed by atoms with Crippen molar-refractivity contribution < 1.29 is 9.90 Å². The van der Waals surface area contributed by atoms with E-state index in [1.54, 1.807) is 6.21 Å². The molecule has 5 nitrogen and oxygen atoms in total. The van der Waals surface area contributed by atoms with E-state index < -0.39 is 12.0 Å². The van der Waals surface area contributed by atoms with Gasteiger partial charge in [0, 0.05) is 11.1 Å². The molecule has 27 heavy (non-hydrogen) atoms. The van der Waals surface area contributed by atoms with Gasteiger partial charge in [-0.15, -0.1) is 0 Å². The molecule has 0 fully saturated rings. The van der Waals surface area contributed by atoms with Crippen molar-refractivity contribution in [3.63, 3.8) is 0 Å². The number of benzene rings is 3. The third-order valence-electron chi connectivity index (χ3n) is 4.17. The Morgan fingerprint density at radius 2 is 1.63 bits per heavy atom. The number of fused-ring (bicyclic) bond motifs is 1. The van der Waals surface area contributed by atoms with Crippen LogP contribution < -0.4 is 11.6 Å². The van der Waals surface area contributed by atoms with Crippen molar-refractivity contribution in [2.24, 2.45) is 16.7 Å². The number of carboxylic acids is 1. The molecule has 3 aromatic carbocycles. The Kier molecular flexibility index (Phi) is 5.50. The number of nitrogens with zero attached hydrogens (tertiary/aromatic N) is 1. The van der Waals surface area contributed by atoms with Gasteiger partial charge >= 0.3 is 5.97 Å². The fourth-order valence-electron chi connectivity index (χ4n) is 2.72. The summed E-state index contributed by atoms with van der Waals surface area (Å²) in [5.41, 5.74) is 9.15. The highest BCUT2D eigenvalue weighted by atomic mass is 16.4. The number of carboxylic acid groups (broad SMARTS) is 1. The van der Waals surface area contributed by atoms with Crippen LogP contribution in [0.5, 0.6) is 0 Å². The molecule has 0 heterocycles. The molecule has 0 saturated carbocycles. The third-order valence-corrected chi connectivity index (χ3v) is 4.17. The van der Waals surface area contributed by atoms with Crippen LogP contribution in [-0.4, -0.2) is 23.3 Å². The zero-order chi connectivity index (χ0) is 19.2. The van der Waals surface area contributed by atoms with Gasteiger partial charge in [-0.25, -0.2) is 0 Å². The number of hydrogen-bond acceptors (Lipinski definition) is 4. The van der Waals surface area contributed by atoms with Crippen LogP contribution in [-0.2, 0) is 11.2 Å². The predicted octanol–water partition coefficient (Wildman–Crippen LogP) is 2.49. The molecule has 0 spiro atoms. The summed E-state index contributed by atoms with van der Waals surface area (Å²) in [5, 5.41) is 14.6. The van der Waals surface area contributed by atoms with Crippen molar-refractivity contribution in [2.45, 2.75) is 12.5 Å². The standard InChI is InChI=1S/C22H19N3O2/c23-21(22(26)27)13-17-5-2-15(3-6-17)1-4-16-7-9-20-12-18(14-25-24)8-10-19(20)11-16/h2-3,5-12,14,21H,13,23-24H2,(H,26,27)/t21-/m0/s1. The largest absolute Gasteiger partial charge is 0.480 e. The molecule has 0 unspecified atom stereocenters. The normalized spacial score (nSPS) is 11.9. The minimum atomic E-state index is -1.00. The minimum Gasteiger partial charge on any atom is -0.480 e. The maximum Gasteiger partial charge on any atom is 0.320 e. The lowest BCUT2D eigenvalue weighted by molar-refractivity contribution is -0.138. The van der Waals surface area contributed by atoms with Crippen LogP contribution in [0.4, 0.5) is 0 Å². The van der Waals surface area contributed by atoms with Crippen molar-refractivity contribution in [3.8, 4) is 11.8 Å². The molecule has 0 radical (unpaired) electrons. The quantitative estimate of drug-likeness (QED) is 0.289. The third kappa shape index (κ3) is 4.72. The average molecular weight is 357 g/mol. The van der Waals surface area contributed by atoms with Crippen LogP contribution in [0.1, 0.15) is 22.3 Å². The molecular formula is C22H19N3O2. The van der Waals surface area contributed by atoms with E-state index >= 15 is 0 Å². The van der Waals surface area contributed by atoms with Crippen molar-refractivity contribution in [1.29, 1.82) is 0 Å². The first-order valence-electron chi connectivity index (χ1n) is 8.41. The molecular weight excluding hydrogens is 338 g/mol. The van der Waals surface area contributed by atoms with Crippen molar-refractivity contribution in [1.82, 2.24) is 0 Å². The van der Waals surface area contributed by atoms with Gasteiger partial charge in [-0.2, -0.15) is 5.10 Å². The number of nitrogens with two attached hydrogens (primary N) is 2. The van der Waals surface area contributed by atoms with Gasteiger partial charge in [0.15, 0.2) is 0 Å². The molecule has 134 valence electrons. The van der Waals surface area contributed by atoms with Gasteiger partial charge in [-0.05, 0) is 58.7 Å². The van der Waals surface area contributed by atoms with Gasteiger partial charge in [0.2, 0.25) is 0 Å². The summed E-state index contributed by atoms with van der Waals surface area (Å²) >= 11 is 0. The fourth-order valence-corrected chi connectivity index (χ4v) is 2.72. The lowest BCUT2D eigenvalue weighted by atomic mass is 10.0. The number of hydrogen-bond donors (Lipinski definition) is 3. The summed E-state index contributed by atoms with van der Waals surface area (Å²) < 4.78 is 0. The minimum absolute atomic E-state index is 0.296. The molecule has 0 bridgehead atoms. The Hall–Kier alpha value is -3.62. The van der Waals surface area contributed by atoms with E-state index in [9.17, 15) is 4.79 Å². The molecule has 0 aliphatic rings. The lowest BCUT2D eigenvalue weighted by Crippen LogP contribution is -2.32. The van der Waals surface area contributed by atoms with Crippen molar-refractivity contribution in [2.75, 3.05) is 0 Å². The van der Waals surface area contributed by atoms with Gasteiger partial charge < -0.3 is 16.7 Å². The van der Waals surface area contributed by atoms with Crippen molar-refractivity contribution in [3.05, 3.63) is 82.9 Å². The monoisotopic (exact) mass is 357 g/mol. The number of rotatable bonds is 4. The Morgan fingerprint density at radius 1 is 1.00 bits per heavy atom. The summed E-state index contributed by atoms with van der Waals surface area (Å²) in [4.78, 5) is 10.8. The van der Waals surface area contributed by atoms with Crippen LogP contribution in [0, 0.1) is 11.8 Å². The maximum atomic E-state index is 10.8. The van der Waals surface area contributed by atoms with E-state index in [2.05, 4.69) is 16.9 Å². The molecule has 0 aliphatic carbocycles. The van der Waals surface area contributed by atoms with E-state index in [1.807, 2.05) is 60.7 Å². The van der Waals surface area contributed by atoms with Crippen molar-refractivity contribution >= 4 is 23.0 Å². The Morgan fingerprint density at radius 3 is 2.33 bits per heavy atom. The highest BCUT2D eigenvalue weighted by molar-refractivity contribution is 5.91. The predicted molar refractivity (Wildman–Crippen MR) is 107 cm³/mol. The zero-order valence-electron chi connectivity index (χ0n) is 14.6. The molecule has 3 rings (SSSR count). The van der Waals surface area contributed by atoms with Crippen LogP contribution in [0.25, 0.3) is 10.8 Å². The van der Waals surface area contributed by atoms with E-state index in [-0.39, 0.29) is 0 Å². The summed E-state index contributed by atoms with van der Waals surface area (Å²) in [5.74, 6) is 10.5. The van der Waals surface area contributed by atoms with Gasteiger partial charge in [0.05, 0.1) is 6.21 Å². The van der Waals surface area contributed by atoms with Gasteiger partial charge in [-0.1, -0.05) is 42.2 Å². The van der Waals surface area contributed by atoms with E-state index in [0.717, 1.165) is 33.0 Å². The fraction of sp³-hybridized carbons (Fsp3) is 0.0909. The molecule has 1 atom stereocenters. The molecule has 0 saturated heterocycles. The summed E-state index contributed by atoms with van der Waals surface area (Å²) in [7, 11) is 0. The second-order valence-electron chi connectivity index (χ2n) is 6.20. The van der Waals surface area contributed by atoms with Crippen LogP contribution in [0.2, 0.25) is 0 Å². The van der Waals surface area contributed by atoms with E-state index in [1.165, 1.54) is 0 Å². The van der Waals surface area contributed by atoms with E-state index in [0.29, 0.717) is 6.42 Å². The molecule has 0 aromatic heterocycles. The highest BCUT2D eigenvalue weighted by Crippen LogP contribution is 2.17. The maximum absolute atomic E-state index is 10.8. The molecule has 0 aliphatic heterocycles. The molecule has 5 N–H and O–H groups in total. The van der Waals surface area contributed by atoms with E-state index in [4.69, 9.17) is 16.7 Å². The summed E-state index contributed by atoms with van der Waals surface area (Å²) in [6.07, 6.45) is 1.91. The summed E-state index contributed by atoms with van der Waals surface area (Å²) in [6.45, 7) is 0. The highest BCUT2D eigenvalue weighted by Gasteiger charge is 2.11. The average Bonchev–Trinajstić information content (AvgIpc) is 2.67. The second kappa shape index (κ2) is 8.17. The Balaban J connectivity index is 1.76. The molecule has 5 heteroatoms. The molecule has 0 amide bonds. The number of carbonyl (C=O) groups is 1. The van der Waals surface area contributed by atoms with Crippen LogP contribution in [0.15, 0.2) is 65.8 Å². The summed E-state index contributed by atoms with van der Waals surface area (Å²) in [6, 6.07) is 18.6. The number of aliphatic carboxylic acids is 1. The SMILES string of the molecule is NN=Cc1ccc2cc(C#Cc3ccc(C[C@H](N)C(=O)O)cc3)ccc2c1. The first-order chi connectivity index (χ1) is 13.0. The Labute approximate surface area is 157 Å². The zero-order valence-corrected chi connectivity index (χ0v) is 14.6. The second-order valence-corrected chi connectivity index (χ2v) is 6.20. The van der Waals surface area contributed by atoms with Crippen LogP contribution in [0.3, 0.4) is 0 Å². The Bertz CT molecular complexity index is 1060. The smallest absolute Gasteiger partial charge is 0.320 e. The first kappa shape index (κ1) is 18.2. The van der Waals surface area contributed by atoms with Crippen LogP contribution >= 0.6 is 0 Å². The topological polar surface area (TPSA) is 102 Å². The number of hydrazone groups is 1. The van der Waals surface area contributed by atoms with Gasteiger partial charge in [-0.3, -0.25) is 4.79 Å². The molecule has 3 aromatic rings.